The predicted molar refractivity (Wildman–Crippen MR) is 58.9 cm³/mol. The second kappa shape index (κ2) is 4.48. The summed E-state index contributed by atoms with van der Waals surface area (Å²) in [5, 5.41) is 0. The number of carbonyl (C=O) groups is 2. The van der Waals surface area contributed by atoms with E-state index in [1.165, 1.54) is 0 Å². The number of carbonyl (C=O) groups excluding carboxylic acids is 2. The van der Waals surface area contributed by atoms with Crippen molar-refractivity contribution in [3.05, 3.63) is 35.4 Å². The van der Waals surface area contributed by atoms with Crippen molar-refractivity contribution in [3.8, 4) is 0 Å². The van der Waals surface area contributed by atoms with Crippen LogP contribution in [0.1, 0.15) is 25.3 Å². The van der Waals surface area contributed by atoms with Crippen molar-refractivity contribution < 1.29 is 23.1 Å². The molecule has 1 aliphatic rings. The minimum Gasteiger partial charge on any atom is -0.465 e. The van der Waals surface area contributed by atoms with Gasteiger partial charge >= 0.3 is 5.97 Å². The minimum atomic E-state index is -1.21. The van der Waals surface area contributed by atoms with Gasteiger partial charge < -0.3 is 4.74 Å². The molecule has 0 radical (unpaired) electrons. The summed E-state index contributed by atoms with van der Waals surface area (Å²) in [5.74, 6) is -2.26. The van der Waals surface area contributed by atoms with E-state index in [-0.39, 0.29) is 30.8 Å². The smallest absolute Gasteiger partial charge is 0.317 e. The Balaban J connectivity index is 2.41. The van der Waals surface area contributed by atoms with Crippen LogP contribution in [0.2, 0.25) is 0 Å². The Labute approximate surface area is 103 Å². The maximum absolute atomic E-state index is 13.2. The number of esters is 1. The quantitative estimate of drug-likeness (QED) is 0.776. The van der Waals surface area contributed by atoms with Crippen LogP contribution >= 0.6 is 0 Å². The number of Topliss-reactive ketones (excluding diaryl/α,β-unsaturated/α-hetero) is 1. The van der Waals surface area contributed by atoms with Crippen molar-refractivity contribution in [3.63, 3.8) is 0 Å². The fourth-order valence-corrected chi connectivity index (χ4v) is 2.19. The van der Waals surface area contributed by atoms with Crippen LogP contribution in [0.15, 0.2) is 18.2 Å². The molecule has 0 N–H and O–H groups in total. The van der Waals surface area contributed by atoms with E-state index in [4.69, 9.17) is 4.74 Å². The SMILES string of the molecule is CCOC(=O)C1(c2cc(F)cc(F)c2)CC(=O)C1. The Hall–Kier alpha value is -1.78. The van der Waals surface area contributed by atoms with Crippen LogP contribution in [0.4, 0.5) is 8.78 Å². The van der Waals surface area contributed by atoms with Gasteiger partial charge in [0.25, 0.3) is 0 Å². The van der Waals surface area contributed by atoms with Crippen molar-refractivity contribution in [1.82, 2.24) is 0 Å². The zero-order valence-electron chi connectivity index (χ0n) is 9.83. The molecule has 0 amide bonds. The molecule has 0 heterocycles. The van der Waals surface area contributed by atoms with E-state index in [2.05, 4.69) is 0 Å². The van der Waals surface area contributed by atoms with E-state index in [1.807, 2.05) is 0 Å². The highest BCUT2D eigenvalue weighted by Gasteiger charge is 2.52. The highest BCUT2D eigenvalue weighted by molar-refractivity contribution is 6.02. The third-order valence-corrected chi connectivity index (χ3v) is 3.08. The van der Waals surface area contributed by atoms with Crippen LogP contribution in [0.3, 0.4) is 0 Å². The largest absolute Gasteiger partial charge is 0.465 e. The first kappa shape index (κ1) is 12.7. The average Bonchev–Trinajstić information content (AvgIpc) is 2.23. The molecular weight excluding hydrogens is 242 g/mol. The van der Waals surface area contributed by atoms with E-state index in [0.29, 0.717) is 0 Å². The van der Waals surface area contributed by atoms with Gasteiger partial charge in [0, 0.05) is 18.9 Å². The number of halogens is 2. The van der Waals surface area contributed by atoms with Gasteiger partial charge in [0.1, 0.15) is 22.8 Å². The summed E-state index contributed by atoms with van der Waals surface area (Å²) in [7, 11) is 0. The zero-order valence-corrected chi connectivity index (χ0v) is 9.83. The molecule has 0 saturated heterocycles. The van der Waals surface area contributed by atoms with Gasteiger partial charge in [0.05, 0.1) is 6.61 Å². The predicted octanol–water partition coefficient (Wildman–Crippen LogP) is 2.13. The monoisotopic (exact) mass is 254 g/mol. The molecule has 0 atom stereocenters. The van der Waals surface area contributed by atoms with Gasteiger partial charge in [-0.15, -0.1) is 0 Å². The van der Waals surface area contributed by atoms with E-state index in [1.54, 1.807) is 6.92 Å². The van der Waals surface area contributed by atoms with Crippen LogP contribution in [0.25, 0.3) is 0 Å². The first-order chi connectivity index (χ1) is 8.48. The maximum atomic E-state index is 13.2. The maximum Gasteiger partial charge on any atom is 0.317 e. The minimum absolute atomic E-state index is 0.0608. The molecule has 3 nitrogen and oxygen atoms in total. The highest BCUT2D eigenvalue weighted by atomic mass is 19.1. The lowest BCUT2D eigenvalue weighted by Gasteiger charge is -2.38. The van der Waals surface area contributed by atoms with Crippen molar-refractivity contribution in [2.45, 2.75) is 25.2 Å². The van der Waals surface area contributed by atoms with Gasteiger partial charge in [0.15, 0.2) is 0 Å². The fourth-order valence-electron chi connectivity index (χ4n) is 2.19. The lowest BCUT2D eigenvalue weighted by Crippen LogP contribution is -2.49. The zero-order chi connectivity index (χ0) is 13.3. The molecule has 0 unspecified atom stereocenters. The molecule has 1 aromatic carbocycles. The molecular formula is C13H12F2O3. The molecule has 2 rings (SSSR count). The van der Waals surface area contributed by atoms with Gasteiger partial charge in [-0.25, -0.2) is 8.78 Å². The summed E-state index contributed by atoms with van der Waals surface area (Å²) in [6.07, 6.45) is -0.122. The van der Waals surface area contributed by atoms with Crippen LogP contribution in [0, 0.1) is 11.6 Å². The summed E-state index contributed by atoms with van der Waals surface area (Å²) in [4.78, 5) is 23.1. The molecule has 1 saturated carbocycles. The Morgan fingerprint density at radius 1 is 1.28 bits per heavy atom. The van der Waals surface area contributed by atoms with Crippen LogP contribution in [0.5, 0.6) is 0 Å². The van der Waals surface area contributed by atoms with Crippen molar-refractivity contribution >= 4 is 11.8 Å². The van der Waals surface area contributed by atoms with Crippen molar-refractivity contribution in [2.24, 2.45) is 0 Å². The summed E-state index contributed by atoms with van der Waals surface area (Å²) in [6.45, 7) is 1.80. The van der Waals surface area contributed by atoms with E-state index in [0.717, 1.165) is 18.2 Å². The summed E-state index contributed by atoms with van der Waals surface area (Å²) < 4.78 is 31.3. The molecule has 5 heteroatoms. The van der Waals surface area contributed by atoms with Gasteiger partial charge in [-0.05, 0) is 24.6 Å². The fraction of sp³-hybridized carbons (Fsp3) is 0.385. The Kier molecular flexibility index (Phi) is 3.15. The molecule has 1 aliphatic carbocycles. The molecule has 0 aliphatic heterocycles. The number of ether oxygens (including phenoxy) is 1. The van der Waals surface area contributed by atoms with E-state index in [9.17, 15) is 18.4 Å². The molecule has 96 valence electrons. The van der Waals surface area contributed by atoms with Gasteiger partial charge in [-0.1, -0.05) is 0 Å². The lowest BCUT2D eigenvalue weighted by atomic mass is 9.63. The second-order valence-corrected chi connectivity index (χ2v) is 4.35. The third-order valence-electron chi connectivity index (χ3n) is 3.08. The number of hydrogen-bond donors (Lipinski definition) is 0. The lowest BCUT2D eigenvalue weighted by molar-refractivity contribution is -0.158. The number of ketones is 1. The summed E-state index contributed by atoms with van der Waals surface area (Å²) in [6, 6.07) is 2.88. The molecule has 0 bridgehead atoms. The Bertz CT molecular complexity index is 483. The number of rotatable bonds is 3. The summed E-state index contributed by atoms with van der Waals surface area (Å²) in [5.41, 5.74) is -1.05. The third kappa shape index (κ3) is 2.00. The first-order valence-corrected chi connectivity index (χ1v) is 5.63. The van der Waals surface area contributed by atoms with Gasteiger partial charge in [0.2, 0.25) is 0 Å². The van der Waals surface area contributed by atoms with Crippen molar-refractivity contribution in [1.29, 1.82) is 0 Å². The molecule has 1 fully saturated rings. The summed E-state index contributed by atoms with van der Waals surface area (Å²) >= 11 is 0. The van der Waals surface area contributed by atoms with E-state index < -0.39 is 23.0 Å². The highest BCUT2D eigenvalue weighted by Crippen LogP contribution is 2.42. The topological polar surface area (TPSA) is 43.4 Å². The number of hydrogen-bond acceptors (Lipinski definition) is 3. The molecule has 0 spiro atoms. The Morgan fingerprint density at radius 3 is 2.28 bits per heavy atom. The van der Waals surface area contributed by atoms with Gasteiger partial charge in [-0.3, -0.25) is 9.59 Å². The van der Waals surface area contributed by atoms with Crippen LogP contribution < -0.4 is 0 Å². The normalized spacial score (nSPS) is 17.2. The van der Waals surface area contributed by atoms with Crippen molar-refractivity contribution in [2.75, 3.05) is 6.61 Å². The van der Waals surface area contributed by atoms with Crippen LogP contribution in [-0.4, -0.2) is 18.4 Å². The first-order valence-electron chi connectivity index (χ1n) is 5.63. The van der Waals surface area contributed by atoms with E-state index >= 15 is 0 Å². The molecule has 0 aromatic heterocycles. The Morgan fingerprint density at radius 2 is 1.83 bits per heavy atom. The standard InChI is InChI=1S/C13H12F2O3/c1-2-18-12(17)13(6-11(16)7-13)8-3-9(14)5-10(15)4-8/h3-5H,2,6-7H2,1H3. The van der Waals surface area contributed by atoms with Crippen LogP contribution in [-0.2, 0) is 19.7 Å². The molecule has 18 heavy (non-hydrogen) atoms. The number of benzene rings is 1. The second-order valence-electron chi connectivity index (χ2n) is 4.35. The van der Waals surface area contributed by atoms with Gasteiger partial charge in [-0.2, -0.15) is 0 Å². The molecule has 1 aromatic rings. The average molecular weight is 254 g/mol.